The van der Waals surface area contributed by atoms with Gasteiger partial charge in [-0.15, -0.1) is 0 Å². The van der Waals surface area contributed by atoms with Crippen molar-refractivity contribution in [1.29, 1.82) is 0 Å². The number of hydrogen-bond acceptors (Lipinski definition) is 5. The van der Waals surface area contributed by atoms with Crippen molar-refractivity contribution < 1.29 is 27.4 Å². The van der Waals surface area contributed by atoms with Crippen LogP contribution in [0, 0.1) is 5.82 Å². The highest BCUT2D eigenvalue weighted by atomic mass is 32.2. The van der Waals surface area contributed by atoms with E-state index in [9.17, 15) is 17.6 Å². The van der Waals surface area contributed by atoms with E-state index in [0.717, 1.165) is 23.8 Å². The summed E-state index contributed by atoms with van der Waals surface area (Å²) in [6.45, 7) is -0.607. The molecule has 0 saturated carbocycles. The number of carboxylic acid groups (broad SMARTS) is 1. The fourth-order valence-electron chi connectivity index (χ4n) is 1.56. The molecule has 6 nitrogen and oxygen atoms in total. The van der Waals surface area contributed by atoms with Gasteiger partial charge >= 0.3 is 5.97 Å². The molecule has 118 valence electrons. The normalized spacial score (nSPS) is 11.3. The van der Waals surface area contributed by atoms with Crippen LogP contribution in [0.15, 0.2) is 39.9 Å². The van der Waals surface area contributed by atoms with Crippen LogP contribution < -0.4 is 9.46 Å². The Labute approximate surface area is 130 Å². The van der Waals surface area contributed by atoms with Crippen LogP contribution in [0.4, 0.5) is 4.39 Å². The minimum atomic E-state index is -3.86. The summed E-state index contributed by atoms with van der Waals surface area (Å²) in [5.74, 6) is -2.52. The fourth-order valence-corrected chi connectivity index (χ4v) is 3.26. The van der Waals surface area contributed by atoms with E-state index in [4.69, 9.17) is 9.84 Å². The number of thiophene rings is 1. The quantitative estimate of drug-likeness (QED) is 0.799. The summed E-state index contributed by atoms with van der Waals surface area (Å²) in [7, 11) is -3.86. The van der Waals surface area contributed by atoms with Gasteiger partial charge in [0.25, 0.3) is 0 Å². The monoisotopic (exact) mass is 345 g/mol. The van der Waals surface area contributed by atoms with Crippen LogP contribution in [0.1, 0.15) is 5.56 Å². The van der Waals surface area contributed by atoms with Gasteiger partial charge in [0.15, 0.2) is 18.2 Å². The maximum absolute atomic E-state index is 13.7. The maximum Gasteiger partial charge on any atom is 0.341 e. The summed E-state index contributed by atoms with van der Waals surface area (Å²) >= 11 is 1.44. The molecule has 1 heterocycles. The zero-order valence-corrected chi connectivity index (χ0v) is 12.8. The molecule has 1 aromatic heterocycles. The zero-order chi connectivity index (χ0) is 16.2. The van der Waals surface area contributed by atoms with Crippen LogP contribution in [-0.2, 0) is 21.4 Å². The molecule has 2 N–H and O–H groups in total. The van der Waals surface area contributed by atoms with Gasteiger partial charge in [-0.2, -0.15) is 11.3 Å². The lowest BCUT2D eigenvalue weighted by atomic mass is 10.3. The average Bonchev–Trinajstić information content (AvgIpc) is 2.97. The Kier molecular flexibility index (Phi) is 5.11. The second-order valence-corrected chi connectivity index (χ2v) is 6.78. The molecule has 0 atom stereocenters. The Morgan fingerprint density at radius 3 is 2.73 bits per heavy atom. The van der Waals surface area contributed by atoms with Crippen molar-refractivity contribution in [2.75, 3.05) is 6.61 Å². The molecule has 22 heavy (non-hydrogen) atoms. The highest BCUT2D eigenvalue weighted by Crippen LogP contribution is 2.21. The summed E-state index contributed by atoms with van der Waals surface area (Å²) in [5, 5.41) is 12.1. The number of rotatable bonds is 7. The summed E-state index contributed by atoms with van der Waals surface area (Å²) in [6.07, 6.45) is 0. The predicted molar refractivity (Wildman–Crippen MR) is 77.9 cm³/mol. The lowest BCUT2D eigenvalue weighted by Crippen LogP contribution is -2.23. The molecule has 2 rings (SSSR count). The van der Waals surface area contributed by atoms with Crippen LogP contribution in [0.2, 0.25) is 0 Å². The van der Waals surface area contributed by atoms with Gasteiger partial charge in [-0.1, -0.05) is 0 Å². The second-order valence-electron chi connectivity index (χ2n) is 4.23. The molecule has 0 bridgehead atoms. The van der Waals surface area contributed by atoms with E-state index in [-0.39, 0.29) is 17.2 Å². The van der Waals surface area contributed by atoms with Gasteiger partial charge in [0.2, 0.25) is 10.0 Å². The van der Waals surface area contributed by atoms with Crippen LogP contribution in [0.5, 0.6) is 5.75 Å². The Morgan fingerprint density at radius 1 is 1.36 bits per heavy atom. The minimum Gasteiger partial charge on any atom is -0.479 e. The summed E-state index contributed by atoms with van der Waals surface area (Å²) in [5.41, 5.74) is 0.801. The lowest BCUT2D eigenvalue weighted by molar-refractivity contribution is -0.139. The van der Waals surface area contributed by atoms with Crippen LogP contribution >= 0.6 is 11.3 Å². The van der Waals surface area contributed by atoms with Crippen molar-refractivity contribution in [1.82, 2.24) is 4.72 Å². The van der Waals surface area contributed by atoms with E-state index >= 15 is 0 Å². The largest absolute Gasteiger partial charge is 0.479 e. The van der Waals surface area contributed by atoms with E-state index in [1.165, 1.54) is 11.3 Å². The molecule has 0 spiro atoms. The third-order valence-corrected chi connectivity index (χ3v) is 4.74. The molecule has 0 aliphatic carbocycles. The van der Waals surface area contributed by atoms with Crippen molar-refractivity contribution >= 4 is 27.3 Å². The summed E-state index contributed by atoms with van der Waals surface area (Å²) < 4.78 is 44.9. The SMILES string of the molecule is O=C(O)COc1ccc(S(=O)(=O)NCc2ccsc2)cc1F. The van der Waals surface area contributed by atoms with Gasteiger partial charge < -0.3 is 9.84 Å². The summed E-state index contributed by atoms with van der Waals surface area (Å²) in [6, 6.07) is 4.79. The number of carbonyl (C=O) groups is 1. The fraction of sp³-hybridized carbons (Fsp3) is 0.154. The van der Waals surface area contributed by atoms with Gasteiger partial charge in [-0.3, -0.25) is 0 Å². The van der Waals surface area contributed by atoms with Crippen molar-refractivity contribution in [2.45, 2.75) is 11.4 Å². The third kappa shape index (κ3) is 4.26. The van der Waals surface area contributed by atoms with Crippen molar-refractivity contribution in [2.24, 2.45) is 0 Å². The first-order valence-electron chi connectivity index (χ1n) is 6.03. The van der Waals surface area contributed by atoms with E-state index in [1.54, 1.807) is 11.4 Å². The third-order valence-electron chi connectivity index (χ3n) is 2.61. The number of nitrogens with one attached hydrogen (secondary N) is 1. The smallest absolute Gasteiger partial charge is 0.341 e. The Morgan fingerprint density at radius 2 is 2.14 bits per heavy atom. The molecular weight excluding hydrogens is 333 g/mol. The lowest BCUT2D eigenvalue weighted by Gasteiger charge is -2.08. The highest BCUT2D eigenvalue weighted by molar-refractivity contribution is 7.89. The van der Waals surface area contributed by atoms with Crippen molar-refractivity contribution in [3.63, 3.8) is 0 Å². The minimum absolute atomic E-state index is 0.102. The Bertz CT molecular complexity index is 759. The zero-order valence-electron chi connectivity index (χ0n) is 11.2. The highest BCUT2D eigenvalue weighted by Gasteiger charge is 2.17. The number of hydrogen-bond donors (Lipinski definition) is 2. The van der Waals surface area contributed by atoms with Crippen LogP contribution in [-0.4, -0.2) is 26.1 Å². The topological polar surface area (TPSA) is 92.7 Å². The van der Waals surface area contributed by atoms with Gasteiger partial charge in [0.1, 0.15) is 0 Å². The first-order valence-corrected chi connectivity index (χ1v) is 8.46. The molecule has 2 aromatic rings. The standard InChI is InChI=1S/C13H12FNO5S2/c14-11-5-10(1-2-12(11)20-7-13(16)17)22(18,19)15-6-9-3-4-21-8-9/h1-5,8,15H,6-7H2,(H,16,17). The molecule has 9 heteroatoms. The summed E-state index contributed by atoms with van der Waals surface area (Å²) in [4.78, 5) is 10.1. The van der Waals surface area contributed by atoms with Gasteiger partial charge in [-0.25, -0.2) is 22.3 Å². The molecule has 0 fully saturated rings. The van der Waals surface area contributed by atoms with E-state index < -0.39 is 28.4 Å². The number of halogens is 1. The van der Waals surface area contributed by atoms with Gasteiger partial charge in [-0.05, 0) is 40.6 Å². The number of sulfonamides is 1. The van der Waals surface area contributed by atoms with Gasteiger partial charge in [0.05, 0.1) is 4.90 Å². The average molecular weight is 345 g/mol. The molecule has 0 saturated heterocycles. The molecule has 1 aromatic carbocycles. The number of ether oxygens (including phenoxy) is 1. The first kappa shape index (κ1) is 16.4. The van der Waals surface area contributed by atoms with E-state index in [1.807, 2.05) is 5.38 Å². The molecular formula is C13H12FNO5S2. The molecule has 0 aliphatic heterocycles. The van der Waals surface area contributed by atoms with Gasteiger partial charge in [0, 0.05) is 6.54 Å². The first-order chi connectivity index (χ1) is 10.4. The van der Waals surface area contributed by atoms with E-state index in [2.05, 4.69) is 4.72 Å². The molecule has 0 aliphatic rings. The molecule has 0 amide bonds. The van der Waals surface area contributed by atoms with Crippen LogP contribution in [0.25, 0.3) is 0 Å². The maximum atomic E-state index is 13.7. The number of aliphatic carboxylic acids is 1. The van der Waals surface area contributed by atoms with E-state index in [0.29, 0.717) is 0 Å². The molecule has 0 radical (unpaired) electrons. The van der Waals surface area contributed by atoms with Crippen molar-refractivity contribution in [3.8, 4) is 5.75 Å². The Balaban J connectivity index is 2.10. The Hall–Kier alpha value is -1.97. The van der Waals surface area contributed by atoms with Crippen molar-refractivity contribution in [3.05, 3.63) is 46.4 Å². The van der Waals surface area contributed by atoms with Crippen LogP contribution in [0.3, 0.4) is 0 Å². The number of benzene rings is 1. The second kappa shape index (κ2) is 6.86. The predicted octanol–water partition coefficient (Wildman–Crippen LogP) is 1.83. The molecule has 0 unspecified atom stereocenters. The number of carboxylic acids is 1.